The maximum absolute atomic E-state index is 12.5. The standard InChI is InChI=1S/C16H18F3NO/c1-3-13(4-2)15(21)20-10-6-8-12-7-5-9-14(11-12)16(17,18)19/h5,7,9,11,13H,3-4,10H2,1-2H3,(H,20,21). The zero-order valence-electron chi connectivity index (χ0n) is 12.1. The molecule has 0 saturated carbocycles. The molecule has 0 saturated heterocycles. The molecule has 21 heavy (non-hydrogen) atoms. The number of rotatable bonds is 4. The van der Waals surface area contributed by atoms with Gasteiger partial charge in [-0.05, 0) is 31.0 Å². The van der Waals surface area contributed by atoms with Gasteiger partial charge in [0, 0.05) is 11.5 Å². The van der Waals surface area contributed by atoms with Gasteiger partial charge in [-0.2, -0.15) is 13.2 Å². The van der Waals surface area contributed by atoms with Crippen LogP contribution in [0.15, 0.2) is 24.3 Å². The van der Waals surface area contributed by atoms with E-state index in [1.807, 2.05) is 13.8 Å². The fourth-order valence-electron chi connectivity index (χ4n) is 1.85. The van der Waals surface area contributed by atoms with Gasteiger partial charge in [0.25, 0.3) is 0 Å². The molecule has 0 bridgehead atoms. The molecular formula is C16H18F3NO. The zero-order valence-corrected chi connectivity index (χ0v) is 12.1. The van der Waals surface area contributed by atoms with Crippen LogP contribution >= 0.6 is 0 Å². The molecule has 0 radical (unpaired) electrons. The number of amides is 1. The zero-order chi connectivity index (χ0) is 15.9. The molecule has 5 heteroatoms. The summed E-state index contributed by atoms with van der Waals surface area (Å²) in [6, 6.07) is 4.82. The molecule has 0 aliphatic rings. The van der Waals surface area contributed by atoms with Crippen molar-refractivity contribution in [2.75, 3.05) is 6.54 Å². The van der Waals surface area contributed by atoms with Crippen LogP contribution in [-0.2, 0) is 11.0 Å². The molecule has 2 nitrogen and oxygen atoms in total. The Hall–Kier alpha value is -1.96. The number of hydrogen-bond acceptors (Lipinski definition) is 1. The predicted molar refractivity (Wildman–Crippen MR) is 75.4 cm³/mol. The van der Waals surface area contributed by atoms with Crippen LogP contribution in [0.3, 0.4) is 0 Å². The Balaban J connectivity index is 2.62. The molecule has 1 rings (SSSR count). The molecule has 1 N–H and O–H groups in total. The molecular weight excluding hydrogens is 279 g/mol. The first-order valence-electron chi connectivity index (χ1n) is 6.82. The van der Waals surface area contributed by atoms with E-state index in [2.05, 4.69) is 17.2 Å². The van der Waals surface area contributed by atoms with Crippen LogP contribution in [0.25, 0.3) is 0 Å². The second-order valence-corrected chi connectivity index (χ2v) is 4.61. The Bertz CT molecular complexity index is 536. The van der Waals surface area contributed by atoms with E-state index >= 15 is 0 Å². The molecule has 0 atom stereocenters. The van der Waals surface area contributed by atoms with Crippen LogP contribution in [0.5, 0.6) is 0 Å². The van der Waals surface area contributed by atoms with Crippen molar-refractivity contribution in [3.8, 4) is 11.8 Å². The van der Waals surface area contributed by atoms with Crippen molar-refractivity contribution < 1.29 is 18.0 Å². The summed E-state index contributed by atoms with van der Waals surface area (Å²) in [7, 11) is 0. The molecule has 1 aromatic rings. The van der Waals surface area contributed by atoms with Gasteiger partial charge in [-0.25, -0.2) is 0 Å². The molecule has 0 heterocycles. The normalized spacial score (nSPS) is 11.0. The molecule has 1 aromatic carbocycles. The second kappa shape index (κ2) is 7.72. The summed E-state index contributed by atoms with van der Waals surface area (Å²) in [4.78, 5) is 11.7. The van der Waals surface area contributed by atoms with Gasteiger partial charge in [0.1, 0.15) is 0 Å². The van der Waals surface area contributed by atoms with Crippen LogP contribution in [0, 0.1) is 17.8 Å². The largest absolute Gasteiger partial charge is 0.416 e. The highest BCUT2D eigenvalue weighted by Crippen LogP contribution is 2.29. The van der Waals surface area contributed by atoms with Crippen molar-refractivity contribution in [1.29, 1.82) is 0 Å². The minimum Gasteiger partial charge on any atom is -0.345 e. The van der Waals surface area contributed by atoms with E-state index < -0.39 is 11.7 Å². The third-order valence-corrected chi connectivity index (χ3v) is 3.13. The van der Waals surface area contributed by atoms with Crippen LogP contribution in [-0.4, -0.2) is 12.5 Å². The summed E-state index contributed by atoms with van der Waals surface area (Å²) in [6.07, 6.45) is -2.87. The monoisotopic (exact) mass is 297 g/mol. The first kappa shape index (κ1) is 17.1. The van der Waals surface area contributed by atoms with Gasteiger partial charge in [-0.1, -0.05) is 31.8 Å². The number of carbonyl (C=O) groups is 1. The fraction of sp³-hybridized carbons (Fsp3) is 0.438. The van der Waals surface area contributed by atoms with E-state index in [1.165, 1.54) is 12.1 Å². The van der Waals surface area contributed by atoms with Gasteiger partial charge < -0.3 is 5.32 Å². The van der Waals surface area contributed by atoms with Crippen molar-refractivity contribution in [2.24, 2.45) is 5.92 Å². The highest BCUT2D eigenvalue weighted by molar-refractivity contribution is 5.78. The third-order valence-electron chi connectivity index (χ3n) is 3.13. The van der Waals surface area contributed by atoms with Crippen LogP contribution in [0.1, 0.15) is 37.8 Å². The van der Waals surface area contributed by atoms with Gasteiger partial charge in [-0.3, -0.25) is 4.79 Å². The highest BCUT2D eigenvalue weighted by atomic mass is 19.4. The minimum absolute atomic E-state index is 0.0413. The Morgan fingerprint density at radius 2 is 1.95 bits per heavy atom. The maximum Gasteiger partial charge on any atom is 0.416 e. The number of halogens is 3. The smallest absolute Gasteiger partial charge is 0.345 e. The third kappa shape index (κ3) is 5.50. The Morgan fingerprint density at radius 1 is 1.29 bits per heavy atom. The first-order chi connectivity index (χ1) is 9.88. The summed E-state index contributed by atoms with van der Waals surface area (Å²) >= 11 is 0. The van der Waals surface area contributed by atoms with Crippen LogP contribution in [0.4, 0.5) is 13.2 Å². The van der Waals surface area contributed by atoms with Gasteiger partial charge in [0.2, 0.25) is 5.91 Å². The van der Waals surface area contributed by atoms with Crippen LogP contribution in [0.2, 0.25) is 0 Å². The molecule has 114 valence electrons. The van der Waals surface area contributed by atoms with E-state index in [-0.39, 0.29) is 23.9 Å². The number of benzene rings is 1. The van der Waals surface area contributed by atoms with E-state index in [9.17, 15) is 18.0 Å². The second-order valence-electron chi connectivity index (χ2n) is 4.61. The van der Waals surface area contributed by atoms with E-state index in [4.69, 9.17) is 0 Å². The lowest BCUT2D eigenvalue weighted by atomic mass is 10.0. The first-order valence-corrected chi connectivity index (χ1v) is 6.82. The molecule has 0 aliphatic carbocycles. The van der Waals surface area contributed by atoms with Crippen molar-refractivity contribution in [3.63, 3.8) is 0 Å². The molecule has 0 aromatic heterocycles. The summed E-state index contributed by atoms with van der Waals surface area (Å²) in [6.45, 7) is 4.00. The lowest BCUT2D eigenvalue weighted by Crippen LogP contribution is -2.30. The minimum atomic E-state index is -4.37. The number of carbonyl (C=O) groups excluding carboxylic acids is 1. The molecule has 0 aliphatic heterocycles. The summed E-state index contributed by atoms with van der Waals surface area (Å²) < 4.78 is 37.6. The number of alkyl halides is 3. The van der Waals surface area contributed by atoms with E-state index in [0.29, 0.717) is 0 Å². The SMILES string of the molecule is CCC(CC)C(=O)NCC#Cc1cccc(C(F)(F)F)c1. The van der Waals surface area contributed by atoms with Gasteiger partial charge in [0.05, 0.1) is 12.1 Å². The lowest BCUT2D eigenvalue weighted by Gasteiger charge is -2.10. The van der Waals surface area contributed by atoms with Crippen molar-refractivity contribution in [2.45, 2.75) is 32.9 Å². The molecule has 1 amide bonds. The van der Waals surface area contributed by atoms with Crippen molar-refractivity contribution >= 4 is 5.91 Å². The van der Waals surface area contributed by atoms with Crippen molar-refractivity contribution in [3.05, 3.63) is 35.4 Å². The molecule has 0 spiro atoms. The molecule has 0 fully saturated rings. The molecule has 0 unspecified atom stereocenters. The van der Waals surface area contributed by atoms with E-state index in [0.717, 1.165) is 25.0 Å². The predicted octanol–water partition coefficient (Wildman–Crippen LogP) is 3.61. The lowest BCUT2D eigenvalue weighted by molar-refractivity contribution is -0.137. The highest BCUT2D eigenvalue weighted by Gasteiger charge is 2.30. The average Bonchev–Trinajstić information content (AvgIpc) is 2.44. The topological polar surface area (TPSA) is 29.1 Å². The van der Waals surface area contributed by atoms with Gasteiger partial charge >= 0.3 is 6.18 Å². The Morgan fingerprint density at radius 3 is 2.52 bits per heavy atom. The maximum atomic E-state index is 12.5. The fourth-order valence-corrected chi connectivity index (χ4v) is 1.85. The van der Waals surface area contributed by atoms with Gasteiger partial charge in [0.15, 0.2) is 0 Å². The summed E-state index contributed by atoms with van der Waals surface area (Å²) in [5.74, 6) is 5.18. The average molecular weight is 297 g/mol. The summed E-state index contributed by atoms with van der Waals surface area (Å²) in [5.41, 5.74) is -0.447. The van der Waals surface area contributed by atoms with Gasteiger partial charge in [-0.15, -0.1) is 0 Å². The number of hydrogen-bond donors (Lipinski definition) is 1. The van der Waals surface area contributed by atoms with Crippen molar-refractivity contribution in [1.82, 2.24) is 5.32 Å². The Labute approximate surface area is 122 Å². The summed E-state index contributed by atoms with van der Waals surface area (Å²) in [5, 5.41) is 2.66. The quantitative estimate of drug-likeness (QED) is 0.845. The Kier molecular flexibility index (Phi) is 6.29. The van der Waals surface area contributed by atoms with Crippen LogP contribution < -0.4 is 5.32 Å². The number of nitrogens with one attached hydrogen (secondary N) is 1. The van der Waals surface area contributed by atoms with E-state index in [1.54, 1.807) is 0 Å².